The maximum absolute atomic E-state index is 9.78. The highest BCUT2D eigenvalue weighted by molar-refractivity contribution is 5.22. The van der Waals surface area contributed by atoms with Crippen LogP contribution in [0, 0.1) is 5.92 Å². The van der Waals surface area contributed by atoms with Gasteiger partial charge in [0, 0.05) is 12.6 Å². The summed E-state index contributed by atoms with van der Waals surface area (Å²) < 4.78 is 0. The van der Waals surface area contributed by atoms with E-state index in [1.54, 1.807) is 0 Å². The molecule has 0 aliphatic heterocycles. The van der Waals surface area contributed by atoms with Gasteiger partial charge in [-0.25, -0.2) is 0 Å². The van der Waals surface area contributed by atoms with Crippen LogP contribution in [0.5, 0.6) is 0 Å². The Morgan fingerprint density at radius 1 is 1.18 bits per heavy atom. The quantitative estimate of drug-likeness (QED) is 0.815. The standard InChI is InChI=1S/C15H21NO/c17-15(12-6-7-12)10-16-14-8-13(9-14)11-4-2-1-3-5-11/h1-5,12-17H,6-10H2. The minimum absolute atomic E-state index is 0.106. The first kappa shape index (κ1) is 11.2. The van der Waals surface area contributed by atoms with E-state index in [1.165, 1.54) is 31.2 Å². The number of nitrogens with one attached hydrogen (secondary N) is 1. The van der Waals surface area contributed by atoms with Crippen LogP contribution in [-0.4, -0.2) is 23.8 Å². The average Bonchev–Trinajstić information content (AvgIpc) is 3.12. The lowest BCUT2D eigenvalue weighted by Gasteiger charge is -2.37. The van der Waals surface area contributed by atoms with Crippen molar-refractivity contribution in [3.8, 4) is 0 Å². The lowest BCUT2D eigenvalue weighted by atomic mass is 9.76. The van der Waals surface area contributed by atoms with Crippen molar-refractivity contribution in [3.05, 3.63) is 35.9 Å². The van der Waals surface area contributed by atoms with Gasteiger partial charge >= 0.3 is 0 Å². The molecule has 0 spiro atoms. The van der Waals surface area contributed by atoms with Crippen molar-refractivity contribution < 1.29 is 5.11 Å². The number of aliphatic hydroxyl groups is 1. The van der Waals surface area contributed by atoms with Crippen LogP contribution in [0.4, 0.5) is 0 Å². The van der Waals surface area contributed by atoms with E-state index in [0.717, 1.165) is 12.5 Å². The van der Waals surface area contributed by atoms with Gasteiger partial charge in [0.2, 0.25) is 0 Å². The number of hydrogen-bond donors (Lipinski definition) is 2. The smallest absolute Gasteiger partial charge is 0.0692 e. The van der Waals surface area contributed by atoms with E-state index < -0.39 is 0 Å². The van der Waals surface area contributed by atoms with Gasteiger partial charge in [-0.3, -0.25) is 0 Å². The van der Waals surface area contributed by atoms with Gasteiger partial charge in [-0.15, -0.1) is 0 Å². The number of benzene rings is 1. The lowest BCUT2D eigenvalue weighted by molar-refractivity contribution is 0.135. The lowest BCUT2D eigenvalue weighted by Crippen LogP contribution is -2.43. The first-order valence-corrected chi connectivity index (χ1v) is 6.79. The Morgan fingerprint density at radius 3 is 2.53 bits per heavy atom. The summed E-state index contributed by atoms with van der Waals surface area (Å²) in [5.41, 5.74) is 1.47. The van der Waals surface area contributed by atoms with Gasteiger partial charge in [0.15, 0.2) is 0 Å². The van der Waals surface area contributed by atoms with Crippen LogP contribution in [0.25, 0.3) is 0 Å². The second-order valence-corrected chi connectivity index (χ2v) is 5.59. The number of rotatable bonds is 5. The van der Waals surface area contributed by atoms with Crippen molar-refractivity contribution in [2.24, 2.45) is 5.92 Å². The van der Waals surface area contributed by atoms with E-state index in [2.05, 4.69) is 35.6 Å². The van der Waals surface area contributed by atoms with Crippen molar-refractivity contribution >= 4 is 0 Å². The van der Waals surface area contributed by atoms with Crippen molar-refractivity contribution in [2.75, 3.05) is 6.54 Å². The highest BCUT2D eigenvalue weighted by atomic mass is 16.3. The van der Waals surface area contributed by atoms with Gasteiger partial charge in [0.1, 0.15) is 0 Å². The zero-order chi connectivity index (χ0) is 11.7. The summed E-state index contributed by atoms with van der Waals surface area (Å²) in [6.07, 6.45) is 4.79. The predicted octanol–water partition coefficient (Wildman–Crippen LogP) is 2.29. The Hall–Kier alpha value is -0.860. The molecule has 2 fully saturated rings. The van der Waals surface area contributed by atoms with Gasteiger partial charge in [-0.2, -0.15) is 0 Å². The molecular formula is C15H21NO. The molecule has 2 N–H and O–H groups in total. The molecule has 92 valence electrons. The Balaban J connectivity index is 1.39. The monoisotopic (exact) mass is 231 g/mol. The second-order valence-electron chi connectivity index (χ2n) is 5.59. The van der Waals surface area contributed by atoms with Crippen molar-refractivity contribution in [3.63, 3.8) is 0 Å². The third-order valence-corrected chi connectivity index (χ3v) is 4.19. The van der Waals surface area contributed by atoms with E-state index >= 15 is 0 Å². The molecule has 0 bridgehead atoms. The summed E-state index contributed by atoms with van der Waals surface area (Å²) >= 11 is 0. The van der Waals surface area contributed by atoms with E-state index in [9.17, 15) is 5.11 Å². The average molecular weight is 231 g/mol. The summed E-state index contributed by atoms with van der Waals surface area (Å²) in [4.78, 5) is 0. The molecule has 1 atom stereocenters. The molecule has 2 nitrogen and oxygen atoms in total. The molecule has 2 aliphatic rings. The van der Waals surface area contributed by atoms with Crippen molar-refractivity contribution in [2.45, 2.75) is 43.7 Å². The van der Waals surface area contributed by atoms with Crippen LogP contribution in [0.3, 0.4) is 0 Å². The molecule has 0 radical (unpaired) electrons. The predicted molar refractivity (Wildman–Crippen MR) is 68.9 cm³/mol. The van der Waals surface area contributed by atoms with Gasteiger partial charge in [-0.1, -0.05) is 30.3 Å². The van der Waals surface area contributed by atoms with Crippen LogP contribution in [0.15, 0.2) is 30.3 Å². The molecule has 17 heavy (non-hydrogen) atoms. The van der Waals surface area contributed by atoms with Crippen LogP contribution < -0.4 is 5.32 Å². The molecule has 1 aromatic rings. The molecule has 2 heteroatoms. The largest absolute Gasteiger partial charge is 0.392 e. The van der Waals surface area contributed by atoms with E-state index in [1.807, 2.05) is 0 Å². The SMILES string of the molecule is OC(CNC1CC(c2ccccc2)C1)C1CC1. The van der Waals surface area contributed by atoms with Gasteiger partial charge in [0.05, 0.1) is 6.10 Å². The molecule has 0 heterocycles. The molecule has 3 rings (SSSR count). The maximum Gasteiger partial charge on any atom is 0.0692 e. The Morgan fingerprint density at radius 2 is 1.88 bits per heavy atom. The van der Waals surface area contributed by atoms with Crippen LogP contribution in [0.2, 0.25) is 0 Å². The molecule has 0 amide bonds. The van der Waals surface area contributed by atoms with Gasteiger partial charge in [-0.05, 0) is 43.1 Å². The molecular weight excluding hydrogens is 210 g/mol. The fourth-order valence-electron chi connectivity index (χ4n) is 2.72. The minimum Gasteiger partial charge on any atom is -0.392 e. The van der Waals surface area contributed by atoms with E-state index in [0.29, 0.717) is 12.0 Å². The van der Waals surface area contributed by atoms with Crippen molar-refractivity contribution in [1.29, 1.82) is 0 Å². The Labute approximate surface area is 103 Å². The third-order valence-electron chi connectivity index (χ3n) is 4.19. The highest BCUT2D eigenvalue weighted by Crippen LogP contribution is 2.37. The summed E-state index contributed by atoms with van der Waals surface area (Å²) in [5.74, 6) is 1.32. The zero-order valence-corrected chi connectivity index (χ0v) is 10.2. The van der Waals surface area contributed by atoms with Crippen LogP contribution >= 0.6 is 0 Å². The van der Waals surface area contributed by atoms with E-state index in [-0.39, 0.29) is 6.10 Å². The normalized spacial score (nSPS) is 29.7. The molecule has 2 aliphatic carbocycles. The van der Waals surface area contributed by atoms with Crippen LogP contribution in [-0.2, 0) is 0 Å². The first-order valence-electron chi connectivity index (χ1n) is 6.79. The Bertz CT molecular complexity index is 354. The Kier molecular flexibility index (Phi) is 3.17. The molecule has 0 saturated heterocycles. The van der Waals surface area contributed by atoms with Gasteiger partial charge < -0.3 is 10.4 Å². The highest BCUT2D eigenvalue weighted by Gasteiger charge is 2.33. The third kappa shape index (κ3) is 2.70. The summed E-state index contributed by atoms with van der Waals surface area (Å²) in [7, 11) is 0. The summed E-state index contributed by atoms with van der Waals surface area (Å²) in [5, 5.41) is 13.3. The fourth-order valence-corrected chi connectivity index (χ4v) is 2.72. The molecule has 1 aromatic carbocycles. The summed E-state index contributed by atoms with van der Waals surface area (Å²) in [6.45, 7) is 0.789. The number of hydrogen-bond acceptors (Lipinski definition) is 2. The topological polar surface area (TPSA) is 32.3 Å². The number of aliphatic hydroxyl groups excluding tert-OH is 1. The fraction of sp³-hybridized carbons (Fsp3) is 0.600. The minimum atomic E-state index is -0.106. The molecule has 2 saturated carbocycles. The van der Waals surface area contributed by atoms with Crippen molar-refractivity contribution in [1.82, 2.24) is 5.32 Å². The maximum atomic E-state index is 9.78. The van der Waals surface area contributed by atoms with Gasteiger partial charge in [0.25, 0.3) is 0 Å². The van der Waals surface area contributed by atoms with E-state index in [4.69, 9.17) is 0 Å². The zero-order valence-electron chi connectivity index (χ0n) is 10.2. The first-order chi connectivity index (χ1) is 8.33. The molecule has 1 unspecified atom stereocenters. The summed E-state index contributed by atoms with van der Waals surface area (Å²) in [6, 6.07) is 11.4. The second kappa shape index (κ2) is 4.79. The molecule has 0 aromatic heterocycles. The van der Waals surface area contributed by atoms with Crippen LogP contribution in [0.1, 0.15) is 37.2 Å².